The van der Waals surface area contributed by atoms with Gasteiger partial charge in [0.25, 0.3) is 0 Å². The minimum Gasteiger partial charge on any atom is -0.497 e. The third-order valence-electron chi connectivity index (χ3n) is 3.98. The van der Waals surface area contributed by atoms with Crippen LogP contribution in [0.1, 0.15) is 25.8 Å². The van der Waals surface area contributed by atoms with Crippen LogP contribution in [0.15, 0.2) is 66.2 Å². The number of allylic oxidation sites excluding steroid dienone is 4. The van der Waals surface area contributed by atoms with Crippen LogP contribution in [0.4, 0.5) is 0 Å². The summed E-state index contributed by atoms with van der Waals surface area (Å²) in [5.41, 5.74) is 1.76. The summed E-state index contributed by atoms with van der Waals surface area (Å²) < 4.78 is 15.8. The first-order valence-corrected chi connectivity index (χ1v) is 8.37. The number of ether oxygens (including phenoxy) is 3. The number of hydrogen-bond acceptors (Lipinski definition) is 5. The minimum atomic E-state index is -1.18. The molecule has 1 aromatic rings. The molecule has 0 radical (unpaired) electrons. The quantitative estimate of drug-likeness (QED) is 0.370. The molecule has 0 aromatic heterocycles. The number of methoxy groups -OCH3 is 2. The minimum absolute atomic E-state index is 0.171. The van der Waals surface area contributed by atoms with E-state index in [1.54, 1.807) is 12.2 Å². The van der Waals surface area contributed by atoms with Gasteiger partial charge < -0.3 is 19.3 Å². The monoisotopic (exact) mass is 360 g/mol. The molecule has 0 heterocycles. The number of benzene rings is 1. The molecule has 0 aliphatic carbocycles. The number of Topliss-reactive ketones (excluding diaryl/α,β-unsaturated/α-hetero) is 1. The molecule has 5 nitrogen and oxygen atoms in total. The fourth-order valence-electron chi connectivity index (χ4n) is 2.29. The van der Waals surface area contributed by atoms with Gasteiger partial charge in [-0.05, 0) is 37.5 Å². The number of ketones is 1. The lowest BCUT2D eigenvalue weighted by Crippen LogP contribution is -2.28. The van der Waals surface area contributed by atoms with Crippen molar-refractivity contribution in [3.63, 3.8) is 0 Å². The van der Waals surface area contributed by atoms with E-state index in [-0.39, 0.29) is 12.2 Å². The number of rotatable bonds is 11. The highest BCUT2D eigenvalue weighted by Crippen LogP contribution is 2.23. The Kier molecular flexibility index (Phi) is 9.41. The predicted octanol–water partition coefficient (Wildman–Crippen LogP) is 3.75. The van der Waals surface area contributed by atoms with Gasteiger partial charge in [-0.25, -0.2) is 0 Å². The first kappa shape index (κ1) is 21.7. The van der Waals surface area contributed by atoms with E-state index in [0.29, 0.717) is 23.7 Å². The van der Waals surface area contributed by atoms with Gasteiger partial charge in [-0.15, -0.1) is 0 Å². The Bertz CT molecular complexity index is 646. The van der Waals surface area contributed by atoms with E-state index in [9.17, 15) is 9.90 Å². The summed E-state index contributed by atoms with van der Waals surface area (Å²) in [6, 6.07) is 9.86. The van der Waals surface area contributed by atoms with E-state index >= 15 is 0 Å². The van der Waals surface area contributed by atoms with Gasteiger partial charge in [-0.3, -0.25) is 4.79 Å². The van der Waals surface area contributed by atoms with Crippen LogP contribution in [0.2, 0.25) is 0 Å². The maximum Gasteiger partial charge on any atom is 0.164 e. The van der Waals surface area contributed by atoms with E-state index in [4.69, 9.17) is 14.2 Å². The average Bonchev–Trinajstić information content (AvgIpc) is 2.65. The fraction of sp³-hybridized carbons (Fsp3) is 0.381. The molecular weight excluding hydrogens is 332 g/mol. The third-order valence-corrected chi connectivity index (χ3v) is 3.98. The van der Waals surface area contributed by atoms with Crippen molar-refractivity contribution < 1.29 is 24.1 Å². The smallest absolute Gasteiger partial charge is 0.164 e. The van der Waals surface area contributed by atoms with Crippen LogP contribution in [0.25, 0.3) is 0 Å². The van der Waals surface area contributed by atoms with Gasteiger partial charge in [-0.1, -0.05) is 43.0 Å². The summed E-state index contributed by atoms with van der Waals surface area (Å²) >= 11 is 0. The number of carbonyl (C=O) groups is 1. The van der Waals surface area contributed by atoms with Crippen molar-refractivity contribution in [1.29, 1.82) is 0 Å². The average molecular weight is 360 g/mol. The molecule has 0 saturated heterocycles. The van der Waals surface area contributed by atoms with Crippen molar-refractivity contribution in [2.45, 2.75) is 33.2 Å². The van der Waals surface area contributed by atoms with Gasteiger partial charge in [0.15, 0.2) is 6.29 Å². The van der Waals surface area contributed by atoms with E-state index in [1.165, 1.54) is 21.1 Å². The number of hydrogen-bond donors (Lipinski definition) is 1. The molecule has 0 spiro atoms. The first-order chi connectivity index (χ1) is 12.4. The van der Waals surface area contributed by atoms with Crippen LogP contribution < -0.4 is 0 Å². The molecule has 1 rings (SSSR count). The molecule has 0 amide bonds. The van der Waals surface area contributed by atoms with E-state index in [2.05, 4.69) is 6.58 Å². The van der Waals surface area contributed by atoms with Crippen LogP contribution >= 0.6 is 0 Å². The van der Waals surface area contributed by atoms with Gasteiger partial charge in [0.05, 0.1) is 18.8 Å². The largest absolute Gasteiger partial charge is 0.497 e. The molecule has 0 fully saturated rings. The highest BCUT2D eigenvalue weighted by atomic mass is 16.6. The van der Waals surface area contributed by atoms with Crippen molar-refractivity contribution in [1.82, 2.24) is 0 Å². The predicted molar refractivity (Wildman–Crippen MR) is 101 cm³/mol. The molecule has 1 N–H and O–H groups in total. The summed E-state index contributed by atoms with van der Waals surface area (Å²) in [5, 5.41) is 9.90. The van der Waals surface area contributed by atoms with Crippen LogP contribution in [-0.4, -0.2) is 31.4 Å². The molecule has 2 unspecified atom stereocenters. The SMILES string of the molecule is C=C(OC)C(=CC=C(C)OCc1ccccc1)CC(C(C)=O)C(O)OC. The van der Waals surface area contributed by atoms with E-state index in [0.717, 1.165) is 5.56 Å². The normalized spacial score (nSPS) is 14.5. The Morgan fingerprint density at radius 2 is 1.85 bits per heavy atom. The lowest BCUT2D eigenvalue weighted by Gasteiger charge is -2.21. The molecule has 26 heavy (non-hydrogen) atoms. The second-order valence-electron chi connectivity index (χ2n) is 5.92. The van der Waals surface area contributed by atoms with Crippen LogP contribution in [-0.2, 0) is 25.6 Å². The maximum atomic E-state index is 11.8. The Morgan fingerprint density at radius 3 is 2.38 bits per heavy atom. The topological polar surface area (TPSA) is 65.0 Å². The second kappa shape index (κ2) is 11.3. The summed E-state index contributed by atoms with van der Waals surface area (Å²) in [6.45, 7) is 7.58. The summed E-state index contributed by atoms with van der Waals surface area (Å²) in [4.78, 5) is 11.8. The Hall–Kier alpha value is -2.37. The van der Waals surface area contributed by atoms with Gasteiger partial charge in [0.2, 0.25) is 0 Å². The molecule has 0 aliphatic rings. The zero-order chi connectivity index (χ0) is 19.5. The molecule has 1 aromatic carbocycles. The highest BCUT2D eigenvalue weighted by molar-refractivity contribution is 5.79. The van der Waals surface area contributed by atoms with Crippen LogP contribution in [0.5, 0.6) is 0 Å². The van der Waals surface area contributed by atoms with Gasteiger partial charge in [-0.2, -0.15) is 0 Å². The molecule has 142 valence electrons. The molecule has 0 bridgehead atoms. The van der Waals surface area contributed by atoms with Crippen molar-refractivity contribution in [2.24, 2.45) is 5.92 Å². The highest BCUT2D eigenvalue weighted by Gasteiger charge is 2.25. The van der Waals surface area contributed by atoms with E-state index in [1.807, 2.05) is 37.3 Å². The van der Waals surface area contributed by atoms with Crippen LogP contribution in [0, 0.1) is 5.92 Å². The maximum absolute atomic E-state index is 11.8. The molecular formula is C21H28O5. The molecule has 5 heteroatoms. The molecule has 0 aliphatic heterocycles. The number of carbonyl (C=O) groups excluding carboxylic acids is 1. The van der Waals surface area contributed by atoms with Crippen LogP contribution in [0.3, 0.4) is 0 Å². The Morgan fingerprint density at radius 1 is 1.19 bits per heavy atom. The van der Waals surface area contributed by atoms with Crippen molar-refractivity contribution in [3.8, 4) is 0 Å². The van der Waals surface area contributed by atoms with Gasteiger partial charge in [0, 0.05) is 7.11 Å². The zero-order valence-corrected chi connectivity index (χ0v) is 15.9. The van der Waals surface area contributed by atoms with Crippen molar-refractivity contribution >= 4 is 5.78 Å². The zero-order valence-electron chi connectivity index (χ0n) is 15.9. The third kappa shape index (κ3) is 7.25. The summed E-state index contributed by atoms with van der Waals surface area (Å²) in [6.07, 6.45) is 2.64. The summed E-state index contributed by atoms with van der Waals surface area (Å²) in [7, 11) is 2.87. The standard InChI is InChI=1S/C21H28O5/c1-15(26-14-18-9-7-6-8-10-18)11-12-19(17(3)24-4)13-20(16(2)22)21(23)25-5/h6-12,20-21,23H,3,13-14H2,1-2,4-5H3. The lowest BCUT2D eigenvalue weighted by atomic mass is 9.94. The molecule has 0 saturated carbocycles. The second-order valence-corrected chi connectivity index (χ2v) is 5.92. The summed E-state index contributed by atoms with van der Waals surface area (Å²) in [5.74, 6) is 0.265. The Balaban J connectivity index is 2.86. The number of aliphatic hydroxyl groups is 1. The fourth-order valence-corrected chi connectivity index (χ4v) is 2.29. The van der Waals surface area contributed by atoms with Gasteiger partial charge in [0.1, 0.15) is 18.1 Å². The van der Waals surface area contributed by atoms with E-state index < -0.39 is 12.2 Å². The van der Waals surface area contributed by atoms with Gasteiger partial charge >= 0.3 is 0 Å². The first-order valence-electron chi connectivity index (χ1n) is 8.37. The molecule has 2 atom stereocenters. The number of aliphatic hydroxyl groups excluding tert-OH is 1. The van der Waals surface area contributed by atoms with Crippen molar-refractivity contribution in [2.75, 3.05) is 14.2 Å². The van der Waals surface area contributed by atoms with Crippen molar-refractivity contribution in [3.05, 3.63) is 71.7 Å². The lowest BCUT2D eigenvalue weighted by molar-refractivity contribution is -0.144. The Labute approximate surface area is 155 Å².